The average molecular weight is 282 g/mol. The second kappa shape index (κ2) is 6.31. The van der Waals surface area contributed by atoms with Gasteiger partial charge in [0.15, 0.2) is 0 Å². The van der Waals surface area contributed by atoms with Crippen molar-refractivity contribution in [2.45, 2.75) is 25.8 Å². The monoisotopic (exact) mass is 282 g/mol. The zero-order chi connectivity index (χ0) is 14.7. The van der Waals surface area contributed by atoms with Crippen LogP contribution >= 0.6 is 0 Å². The molecule has 0 radical (unpaired) electrons. The molecule has 2 atom stereocenters. The fourth-order valence-corrected chi connectivity index (χ4v) is 2.54. The first kappa shape index (κ1) is 14.9. The Morgan fingerprint density at radius 1 is 1.50 bits per heavy atom. The van der Waals surface area contributed by atoms with Crippen LogP contribution in [0.15, 0.2) is 18.2 Å². The summed E-state index contributed by atoms with van der Waals surface area (Å²) in [4.78, 5) is 13.7. The van der Waals surface area contributed by atoms with Crippen molar-refractivity contribution in [1.29, 1.82) is 0 Å². The molecule has 0 unspecified atom stereocenters. The number of rotatable bonds is 4. The van der Waals surface area contributed by atoms with E-state index in [0.29, 0.717) is 12.3 Å². The van der Waals surface area contributed by atoms with E-state index >= 15 is 0 Å². The van der Waals surface area contributed by atoms with Gasteiger partial charge in [-0.1, -0.05) is 0 Å². The summed E-state index contributed by atoms with van der Waals surface area (Å²) in [6, 6.07) is 2.85. The number of nitrogens with one attached hydrogen (secondary N) is 1. The van der Waals surface area contributed by atoms with Crippen LogP contribution in [0.2, 0.25) is 0 Å². The van der Waals surface area contributed by atoms with Gasteiger partial charge in [-0.3, -0.25) is 4.79 Å². The van der Waals surface area contributed by atoms with Gasteiger partial charge in [0.2, 0.25) is 5.91 Å². The second-order valence-corrected chi connectivity index (χ2v) is 5.41. The Morgan fingerprint density at radius 2 is 2.25 bits per heavy atom. The van der Waals surface area contributed by atoms with Crippen LogP contribution in [0.4, 0.5) is 8.78 Å². The van der Waals surface area contributed by atoms with Crippen molar-refractivity contribution < 1.29 is 13.6 Å². The summed E-state index contributed by atoms with van der Waals surface area (Å²) >= 11 is 0. The van der Waals surface area contributed by atoms with Gasteiger partial charge in [-0.05, 0) is 50.6 Å². The molecule has 1 aromatic carbocycles. The fourth-order valence-electron chi connectivity index (χ4n) is 2.54. The van der Waals surface area contributed by atoms with Gasteiger partial charge in [0, 0.05) is 19.0 Å². The van der Waals surface area contributed by atoms with E-state index in [1.54, 1.807) is 14.0 Å². The van der Waals surface area contributed by atoms with Crippen molar-refractivity contribution in [1.82, 2.24) is 10.2 Å². The number of benzene rings is 1. The lowest BCUT2D eigenvalue weighted by Crippen LogP contribution is -2.32. The van der Waals surface area contributed by atoms with Crippen LogP contribution in [-0.2, 0) is 4.79 Å². The number of hydrogen-bond donors (Lipinski definition) is 1. The van der Waals surface area contributed by atoms with Gasteiger partial charge in [-0.2, -0.15) is 0 Å². The lowest BCUT2D eigenvalue weighted by Gasteiger charge is -2.26. The molecule has 3 nitrogen and oxygen atoms in total. The zero-order valence-electron chi connectivity index (χ0n) is 11.8. The first-order chi connectivity index (χ1) is 9.49. The smallest absolute Gasteiger partial charge is 0.223 e. The Hall–Kier alpha value is -1.49. The van der Waals surface area contributed by atoms with Gasteiger partial charge in [0.05, 0.1) is 6.04 Å². The minimum absolute atomic E-state index is 0.0325. The lowest BCUT2D eigenvalue weighted by atomic mass is 10.0. The van der Waals surface area contributed by atoms with E-state index in [0.717, 1.165) is 37.7 Å². The first-order valence-corrected chi connectivity index (χ1v) is 6.90. The Kier molecular flexibility index (Phi) is 4.70. The number of carbonyl (C=O) groups is 1. The molecule has 0 bridgehead atoms. The fraction of sp³-hybridized carbons (Fsp3) is 0.533. The molecule has 2 rings (SSSR count). The van der Waals surface area contributed by atoms with Gasteiger partial charge >= 0.3 is 0 Å². The van der Waals surface area contributed by atoms with Crippen LogP contribution in [0.5, 0.6) is 0 Å². The SMILES string of the molecule is C[C@@H](c1cc(F)ccc1F)N(C)C(=O)C[C@@H]1CCNC1. The molecule has 110 valence electrons. The van der Waals surface area contributed by atoms with E-state index in [9.17, 15) is 13.6 Å². The largest absolute Gasteiger partial charge is 0.339 e. The molecule has 1 aromatic rings. The van der Waals surface area contributed by atoms with Crippen LogP contribution in [0.3, 0.4) is 0 Å². The Balaban J connectivity index is 2.05. The number of halogens is 2. The molecule has 1 saturated heterocycles. The molecule has 1 heterocycles. The predicted molar refractivity (Wildman–Crippen MR) is 73.1 cm³/mol. The molecule has 5 heteroatoms. The molecule has 1 N–H and O–H groups in total. The lowest BCUT2D eigenvalue weighted by molar-refractivity contribution is -0.132. The maximum atomic E-state index is 13.7. The van der Waals surface area contributed by atoms with Gasteiger partial charge < -0.3 is 10.2 Å². The molecule has 20 heavy (non-hydrogen) atoms. The minimum atomic E-state index is -0.492. The quantitative estimate of drug-likeness (QED) is 0.920. The summed E-state index contributed by atoms with van der Waals surface area (Å²) in [5.41, 5.74) is 0.213. The van der Waals surface area contributed by atoms with Crippen molar-refractivity contribution in [3.05, 3.63) is 35.4 Å². The topological polar surface area (TPSA) is 32.3 Å². The summed E-state index contributed by atoms with van der Waals surface area (Å²) in [6.07, 6.45) is 1.44. The molecule has 1 aliphatic rings. The van der Waals surface area contributed by atoms with E-state index < -0.39 is 17.7 Å². The van der Waals surface area contributed by atoms with Crippen LogP contribution in [-0.4, -0.2) is 30.9 Å². The van der Waals surface area contributed by atoms with Crippen molar-refractivity contribution >= 4 is 5.91 Å². The van der Waals surface area contributed by atoms with E-state index in [2.05, 4.69) is 5.32 Å². The Morgan fingerprint density at radius 3 is 2.90 bits per heavy atom. The summed E-state index contributed by atoms with van der Waals surface area (Å²) in [5.74, 6) is -0.667. The third-order valence-electron chi connectivity index (χ3n) is 4.01. The molecule has 0 aromatic heterocycles. The highest BCUT2D eigenvalue weighted by Crippen LogP contribution is 2.24. The van der Waals surface area contributed by atoms with Gasteiger partial charge in [0.25, 0.3) is 0 Å². The van der Waals surface area contributed by atoms with Crippen LogP contribution in [0.1, 0.15) is 31.4 Å². The molecule has 1 amide bonds. The molecular weight excluding hydrogens is 262 g/mol. The standard InChI is InChI=1S/C15H20F2N2O/c1-10(13-8-12(16)3-4-14(13)17)19(2)15(20)7-11-5-6-18-9-11/h3-4,8,10-11,18H,5-7,9H2,1-2H3/t10-,11-/m0/s1. The Bertz CT molecular complexity index is 487. The molecule has 1 fully saturated rings. The predicted octanol–water partition coefficient (Wildman–Crippen LogP) is 2.48. The van der Waals surface area contributed by atoms with Gasteiger partial charge in [-0.15, -0.1) is 0 Å². The third kappa shape index (κ3) is 3.33. The normalized spacial score (nSPS) is 19.9. The van der Waals surface area contributed by atoms with E-state index in [4.69, 9.17) is 0 Å². The maximum absolute atomic E-state index is 13.7. The van der Waals surface area contributed by atoms with Crippen molar-refractivity contribution in [3.63, 3.8) is 0 Å². The number of amides is 1. The molecular formula is C15H20F2N2O. The van der Waals surface area contributed by atoms with Crippen LogP contribution < -0.4 is 5.32 Å². The molecule has 0 saturated carbocycles. The number of carbonyl (C=O) groups excluding carboxylic acids is 1. The highest BCUT2D eigenvalue weighted by Gasteiger charge is 2.24. The van der Waals surface area contributed by atoms with E-state index in [1.807, 2.05) is 0 Å². The van der Waals surface area contributed by atoms with Gasteiger partial charge in [0.1, 0.15) is 11.6 Å². The average Bonchev–Trinajstić information content (AvgIpc) is 2.92. The minimum Gasteiger partial charge on any atom is -0.339 e. The Labute approximate surface area is 118 Å². The van der Waals surface area contributed by atoms with E-state index in [1.165, 1.54) is 4.90 Å². The molecule has 0 aliphatic carbocycles. The summed E-state index contributed by atoms with van der Waals surface area (Å²) < 4.78 is 27.0. The maximum Gasteiger partial charge on any atom is 0.223 e. The van der Waals surface area contributed by atoms with Crippen LogP contribution in [0, 0.1) is 17.6 Å². The highest BCUT2D eigenvalue weighted by molar-refractivity contribution is 5.76. The zero-order valence-corrected chi connectivity index (χ0v) is 11.8. The molecule has 0 spiro atoms. The third-order valence-corrected chi connectivity index (χ3v) is 4.01. The van der Waals surface area contributed by atoms with Gasteiger partial charge in [-0.25, -0.2) is 8.78 Å². The second-order valence-electron chi connectivity index (χ2n) is 5.41. The molecule has 1 aliphatic heterocycles. The van der Waals surface area contributed by atoms with Crippen molar-refractivity contribution in [2.24, 2.45) is 5.92 Å². The van der Waals surface area contributed by atoms with Crippen molar-refractivity contribution in [2.75, 3.05) is 20.1 Å². The first-order valence-electron chi connectivity index (χ1n) is 6.90. The van der Waals surface area contributed by atoms with E-state index in [-0.39, 0.29) is 11.5 Å². The van der Waals surface area contributed by atoms with Crippen LogP contribution in [0.25, 0.3) is 0 Å². The number of hydrogen-bond acceptors (Lipinski definition) is 2. The highest BCUT2D eigenvalue weighted by atomic mass is 19.1. The number of nitrogens with zero attached hydrogens (tertiary/aromatic N) is 1. The summed E-state index contributed by atoms with van der Waals surface area (Å²) in [7, 11) is 1.64. The van der Waals surface area contributed by atoms with Crippen molar-refractivity contribution in [3.8, 4) is 0 Å². The summed E-state index contributed by atoms with van der Waals surface area (Å²) in [6.45, 7) is 3.50. The summed E-state index contributed by atoms with van der Waals surface area (Å²) in [5, 5.41) is 3.21.